The summed E-state index contributed by atoms with van der Waals surface area (Å²) >= 11 is 0. The Labute approximate surface area is 74.4 Å². The van der Waals surface area contributed by atoms with Crippen LogP contribution in [0.3, 0.4) is 0 Å². The van der Waals surface area contributed by atoms with E-state index in [2.05, 4.69) is 5.10 Å². The van der Waals surface area contributed by atoms with Gasteiger partial charge in [-0.25, -0.2) is 0 Å². The van der Waals surface area contributed by atoms with Gasteiger partial charge in [-0.3, -0.25) is 4.68 Å². The molecule has 0 fully saturated rings. The molecular weight excluding hydrogens is 181 g/mol. The van der Waals surface area contributed by atoms with Crippen LogP contribution in [0.5, 0.6) is 0 Å². The molecule has 1 heterocycles. The van der Waals surface area contributed by atoms with Gasteiger partial charge >= 0.3 is 6.18 Å². The van der Waals surface area contributed by atoms with Crippen LogP contribution >= 0.6 is 0 Å². The van der Waals surface area contributed by atoms with Gasteiger partial charge in [0.1, 0.15) is 0 Å². The van der Waals surface area contributed by atoms with Gasteiger partial charge in [0, 0.05) is 18.3 Å². The van der Waals surface area contributed by atoms with Crippen molar-refractivity contribution in [2.24, 2.45) is 7.05 Å². The lowest BCUT2D eigenvalue weighted by molar-refractivity contribution is -0.141. The first kappa shape index (κ1) is 10.1. The molecule has 1 aromatic heterocycles. The van der Waals surface area contributed by atoms with Crippen LogP contribution in [0.15, 0.2) is 0 Å². The molecule has 0 bridgehead atoms. The molecule has 0 radical (unpaired) electrons. The van der Waals surface area contributed by atoms with E-state index >= 15 is 0 Å². The molecule has 0 saturated carbocycles. The highest BCUT2D eigenvalue weighted by atomic mass is 19.4. The molecule has 0 aliphatic rings. The zero-order chi connectivity index (χ0) is 10.2. The summed E-state index contributed by atoms with van der Waals surface area (Å²) in [5, 5.41) is 3.44. The van der Waals surface area contributed by atoms with E-state index in [9.17, 15) is 13.2 Å². The fourth-order valence-corrected chi connectivity index (χ4v) is 1.43. The third kappa shape index (κ3) is 1.68. The van der Waals surface area contributed by atoms with Crippen LogP contribution in [0.1, 0.15) is 23.9 Å². The lowest BCUT2D eigenvalue weighted by Crippen LogP contribution is -2.08. The molecule has 1 rings (SSSR count). The summed E-state index contributed by atoms with van der Waals surface area (Å²) < 4.78 is 38.2. The number of aromatic nitrogens is 2. The van der Waals surface area contributed by atoms with Crippen LogP contribution in [0.4, 0.5) is 13.2 Å². The van der Waals surface area contributed by atoms with E-state index in [1.165, 1.54) is 18.7 Å². The Morgan fingerprint density at radius 2 is 1.92 bits per heavy atom. The predicted octanol–water partition coefficient (Wildman–Crippen LogP) is 2.31. The number of halogens is 3. The molecule has 0 amide bonds. The maximum atomic E-state index is 12.3. The van der Waals surface area contributed by atoms with Crippen LogP contribution in [-0.2, 0) is 19.6 Å². The van der Waals surface area contributed by atoms with Crippen LogP contribution in [0.2, 0.25) is 0 Å². The molecule has 0 aromatic carbocycles. The van der Waals surface area contributed by atoms with Crippen LogP contribution in [-0.4, -0.2) is 9.78 Å². The second-order valence-electron chi connectivity index (χ2n) is 2.90. The van der Waals surface area contributed by atoms with E-state index in [-0.39, 0.29) is 5.56 Å². The van der Waals surface area contributed by atoms with E-state index in [1.807, 2.05) is 6.92 Å². The first-order valence-corrected chi connectivity index (χ1v) is 3.97. The minimum absolute atomic E-state index is 0.234. The van der Waals surface area contributed by atoms with Crippen molar-refractivity contribution < 1.29 is 13.2 Å². The summed E-state index contributed by atoms with van der Waals surface area (Å²) in [5.74, 6) is 0. The maximum absolute atomic E-state index is 12.3. The highest BCUT2D eigenvalue weighted by Crippen LogP contribution is 2.31. The third-order valence-electron chi connectivity index (χ3n) is 2.03. The van der Waals surface area contributed by atoms with E-state index in [1.54, 1.807) is 0 Å². The molecule has 2 nitrogen and oxygen atoms in total. The normalized spacial score (nSPS) is 12.2. The summed E-state index contributed by atoms with van der Waals surface area (Å²) in [7, 11) is 1.53. The second-order valence-corrected chi connectivity index (χ2v) is 2.90. The van der Waals surface area contributed by atoms with Gasteiger partial charge in [-0.05, 0) is 13.3 Å². The van der Waals surface area contributed by atoms with Gasteiger partial charge in [0.15, 0.2) is 5.69 Å². The molecule has 74 valence electrons. The number of hydrogen-bond donors (Lipinski definition) is 0. The van der Waals surface area contributed by atoms with Crippen molar-refractivity contribution in [3.8, 4) is 0 Å². The summed E-state index contributed by atoms with van der Waals surface area (Å²) in [6, 6.07) is 0. The van der Waals surface area contributed by atoms with Gasteiger partial charge in [-0.15, -0.1) is 0 Å². The van der Waals surface area contributed by atoms with Gasteiger partial charge in [0.2, 0.25) is 0 Å². The van der Waals surface area contributed by atoms with Crippen molar-refractivity contribution in [2.45, 2.75) is 26.4 Å². The summed E-state index contributed by atoms with van der Waals surface area (Å²) in [5.41, 5.74) is 0.0941. The Bertz CT molecular complexity index is 312. The van der Waals surface area contributed by atoms with Gasteiger partial charge in [0.05, 0.1) is 0 Å². The average Bonchev–Trinajstić information content (AvgIpc) is 2.25. The van der Waals surface area contributed by atoms with E-state index in [0.29, 0.717) is 12.1 Å². The molecule has 13 heavy (non-hydrogen) atoms. The van der Waals surface area contributed by atoms with E-state index < -0.39 is 11.9 Å². The van der Waals surface area contributed by atoms with E-state index in [4.69, 9.17) is 0 Å². The van der Waals surface area contributed by atoms with Crippen molar-refractivity contribution in [2.75, 3.05) is 0 Å². The summed E-state index contributed by atoms with van der Waals surface area (Å²) in [4.78, 5) is 0. The molecule has 5 heteroatoms. The first-order valence-electron chi connectivity index (χ1n) is 3.97. The lowest BCUT2D eigenvalue weighted by Gasteiger charge is -2.02. The number of aryl methyl sites for hydroxylation is 1. The highest BCUT2D eigenvalue weighted by molar-refractivity contribution is 5.26. The topological polar surface area (TPSA) is 17.8 Å². The summed E-state index contributed by atoms with van der Waals surface area (Å²) in [6.45, 7) is 3.26. The Balaban J connectivity index is 3.26. The van der Waals surface area contributed by atoms with Crippen LogP contribution in [0, 0.1) is 6.92 Å². The van der Waals surface area contributed by atoms with Gasteiger partial charge in [-0.2, -0.15) is 18.3 Å². The van der Waals surface area contributed by atoms with Crippen LogP contribution < -0.4 is 0 Å². The van der Waals surface area contributed by atoms with Gasteiger partial charge in [-0.1, -0.05) is 6.92 Å². The Kier molecular flexibility index (Phi) is 2.36. The minimum atomic E-state index is -4.34. The van der Waals surface area contributed by atoms with Gasteiger partial charge < -0.3 is 0 Å². The maximum Gasteiger partial charge on any atom is 0.435 e. The zero-order valence-electron chi connectivity index (χ0n) is 7.74. The van der Waals surface area contributed by atoms with Crippen molar-refractivity contribution in [1.82, 2.24) is 9.78 Å². The molecule has 1 aromatic rings. The lowest BCUT2D eigenvalue weighted by atomic mass is 10.1. The molecule has 0 N–H and O–H groups in total. The standard InChI is InChI=1S/C8H11F3N2/c1-4-6-5(2)7(8(9,10)11)12-13(6)3/h4H2,1-3H3. The minimum Gasteiger partial charge on any atom is -0.272 e. The van der Waals surface area contributed by atoms with Crippen molar-refractivity contribution >= 4 is 0 Å². The molecule has 0 spiro atoms. The van der Waals surface area contributed by atoms with Crippen molar-refractivity contribution in [1.29, 1.82) is 0 Å². The molecule has 0 saturated heterocycles. The predicted molar refractivity (Wildman–Crippen MR) is 42.3 cm³/mol. The average molecular weight is 192 g/mol. The SMILES string of the molecule is CCc1c(C)c(C(F)(F)F)nn1C. The highest BCUT2D eigenvalue weighted by Gasteiger charge is 2.36. The quantitative estimate of drug-likeness (QED) is 0.667. The van der Waals surface area contributed by atoms with Crippen molar-refractivity contribution in [3.05, 3.63) is 17.0 Å². The fourth-order valence-electron chi connectivity index (χ4n) is 1.43. The largest absolute Gasteiger partial charge is 0.435 e. The Morgan fingerprint density at radius 1 is 1.38 bits per heavy atom. The Hall–Kier alpha value is -1.00. The molecule has 0 aliphatic carbocycles. The number of nitrogens with zero attached hydrogens (tertiary/aromatic N) is 2. The number of alkyl halides is 3. The Morgan fingerprint density at radius 3 is 2.15 bits per heavy atom. The van der Waals surface area contributed by atoms with Gasteiger partial charge in [0.25, 0.3) is 0 Å². The number of rotatable bonds is 1. The third-order valence-corrected chi connectivity index (χ3v) is 2.03. The molecule has 0 aliphatic heterocycles. The van der Waals surface area contributed by atoms with E-state index in [0.717, 1.165) is 0 Å². The zero-order valence-corrected chi connectivity index (χ0v) is 7.74. The summed E-state index contributed by atoms with van der Waals surface area (Å²) in [6.07, 6.45) is -3.78. The monoisotopic (exact) mass is 192 g/mol. The van der Waals surface area contributed by atoms with Crippen molar-refractivity contribution in [3.63, 3.8) is 0 Å². The molecule has 0 unspecified atom stereocenters. The van der Waals surface area contributed by atoms with Crippen LogP contribution in [0.25, 0.3) is 0 Å². The molecule has 0 atom stereocenters. The first-order chi connectivity index (χ1) is 5.88. The smallest absolute Gasteiger partial charge is 0.272 e. The fraction of sp³-hybridized carbons (Fsp3) is 0.625. The second kappa shape index (κ2) is 3.05. The number of hydrogen-bond acceptors (Lipinski definition) is 1. The molecular formula is C8H11F3N2.